The minimum atomic E-state index is -0.241. The van der Waals surface area contributed by atoms with Gasteiger partial charge in [0.1, 0.15) is 12.1 Å². The third-order valence-corrected chi connectivity index (χ3v) is 5.86. The number of fused-ring (bicyclic) bond motifs is 1. The van der Waals surface area contributed by atoms with Crippen molar-refractivity contribution >= 4 is 11.9 Å². The van der Waals surface area contributed by atoms with Crippen LogP contribution in [0.25, 0.3) is 0 Å². The summed E-state index contributed by atoms with van der Waals surface area (Å²) in [6.45, 7) is 6.51. The Labute approximate surface area is 157 Å². The van der Waals surface area contributed by atoms with E-state index in [9.17, 15) is 9.59 Å². The van der Waals surface area contributed by atoms with Crippen LogP contribution < -0.4 is 5.32 Å². The molecular formula is C20H33N3O3. The molecule has 2 saturated carbocycles. The van der Waals surface area contributed by atoms with Crippen LogP contribution in [0.4, 0.5) is 0 Å². The van der Waals surface area contributed by atoms with Gasteiger partial charge in [0.2, 0.25) is 5.91 Å². The number of amides is 1. The maximum Gasteiger partial charge on any atom is 0.302 e. The van der Waals surface area contributed by atoms with Crippen molar-refractivity contribution < 1.29 is 14.3 Å². The van der Waals surface area contributed by atoms with Gasteiger partial charge in [-0.1, -0.05) is 13.8 Å². The molecule has 0 spiro atoms. The number of carbonyl (C=O) groups excluding carboxylic acids is 2. The zero-order chi connectivity index (χ0) is 19.1. The second-order valence-corrected chi connectivity index (χ2v) is 7.49. The molecule has 0 aromatic carbocycles. The van der Waals surface area contributed by atoms with Crippen LogP contribution in [0.2, 0.25) is 0 Å². The number of hydrogen-bond donors (Lipinski definition) is 1. The van der Waals surface area contributed by atoms with Crippen molar-refractivity contribution in [2.75, 3.05) is 13.1 Å². The van der Waals surface area contributed by atoms with Gasteiger partial charge in [-0.2, -0.15) is 5.26 Å². The van der Waals surface area contributed by atoms with Gasteiger partial charge in [-0.05, 0) is 56.8 Å². The van der Waals surface area contributed by atoms with Gasteiger partial charge >= 0.3 is 5.97 Å². The number of ether oxygens (including phenoxy) is 1. The fraction of sp³-hybridized carbons (Fsp3) is 0.850. The number of nitrogens with zero attached hydrogens (tertiary/aromatic N) is 2. The van der Waals surface area contributed by atoms with Crippen molar-refractivity contribution in [3.05, 3.63) is 0 Å². The number of esters is 1. The van der Waals surface area contributed by atoms with E-state index < -0.39 is 0 Å². The maximum absolute atomic E-state index is 12.3. The molecule has 0 bridgehead atoms. The highest BCUT2D eigenvalue weighted by Gasteiger charge is 2.39. The summed E-state index contributed by atoms with van der Waals surface area (Å²) in [6.07, 6.45) is 6.98. The molecular weight excluding hydrogens is 330 g/mol. The van der Waals surface area contributed by atoms with Gasteiger partial charge in [0, 0.05) is 19.5 Å². The summed E-state index contributed by atoms with van der Waals surface area (Å²) in [5.41, 5.74) is 0. The molecule has 3 rings (SSSR count). The maximum atomic E-state index is 12.3. The summed E-state index contributed by atoms with van der Waals surface area (Å²) in [4.78, 5) is 25.2. The van der Waals surface area contributed by atoms with Crippen LogP contribution in [0, 0.1) is 23.2 Å². The predicted molar refractivity (Wildman–Crippen MR) is 99.1 cm³/mol. The first-order valence-corrected chi connectivity index (χ1v) is 10.2. The molecule has 1 amide bonds. The Bertz CT molecular complexity index is 531. The Balaban J connectivity index is 0.00000117. The van der Waals surface area contributed by atoms with Crippen LogP contribution in [0.15, 0.2) is 0 Å². The Hall–Kier alpha value is -1.61. The Morgan fingerprint density at radius 2 is 1.88 bits per heavy atom. The number of rotatable bonds is 4. The van der Waals surface area contributed by atoms with Crippen molar-refractivity contribution in [3.8, 4) is 6.07 Å². The second-order valence-electron chi connectivity index (χ2n) is 7.49. The van der Waals surface area contributed by atoms with Crippen LogP contribution in [-0.2, 0) is 14.3 Å². The highest BCUT2D eigenvalue weighted by Crippen LogP contribution is 2.43. The van der Waals surface area contributed by atoms with E-state index in [0.717, 1.165) is 44.9 Å². The highest BCUT2D eigenvalue weighted by atomic mass is 16.5. The van der Waals surface area contributed by atoms with Crippen molar-refractivity contribution in [1.29, 1.82) is 5.26 Å². The summed E-state index contributed by atoms with van der Waals surface area (Å²) in [7, 11) is 0. The van der Waals surface area contributed by atoms with Crippen LogP contribution >= 0.6 is 0 Å². The zero-order valence-corrected chi connectivity index (χ0v) is 16.4. The molecule has 146 valence electrons. The molecule has 3 fully saturated rings. The van der Waals surface area contributed by atoms with Crippen LogP contribution in [0.1, 0.15) is 65.7 Å². The lowest BCUT2D eigenvalue weighted by atomic mass is 9.80. The largest absolute Gasteiger partial charge is 0.463 e. The molecule has 1 N–H and O–H groups in total. The summed E-state index contributed by atoms with van der Waals surface area (Å²) in [5.74, 6) is 1.14. The van der Waals surface area contributed by atoms with Crippen LogP contribution in [0.5, 0.6) is 0 Å². The van der Waals surface area contributed by atoms with Gasteiger partial charge in [-0.25, -0.2) is 0 Å². The number of nitriles is 1. The van der Waals surface area contributed by atoms with Crippen molar-refractivity contribution in [2.24, 2.45) is 11.8 Å². The minimum Gasteiger partial charge on any atom is -0.463 e. The van der Waals surface area contributed by atoms with Gasteiger partial charge in [0.25, 0.3) is 0 Å². The van der Waals surface area contributed by atoms with Gasteiger partial charge in [0.05, 0.1) is 12.6 Å². The molecule has 3 aliphatic rings. The lowest BCUT2D eigenvalue weighted by Gasteiger charge is -2.30. The van der Waals surface area contributed by atoms with E-state index in [4.69, 9.17) is 10.00 Å². The number of nitrogens with one attached hydrogen (secondary N) is 1. The van der Waals surface area contributed by atoms with Gasteiger partial charge in [-0.15, -0.1) is 0 Å². The highest BCUT2D eigenvalue weighted by molar-refractivity contribution is 5.79. The zero-order valence-electron chi connectivity index (χ0n) is 16.4. The lowest BCUT2D eigenvalue weighted by molar-refractivity contribution is -0.149. The first-order valence-electron chi connectivity index (χ1n) is 10.2. The van der Waals surface area contributed by atoms with Crippen LogP contribution in [-0.4, -0.2) is 48.1 Å². The average Bonchev–Trinajstić information content (AvgIpc) is 3.26. The quantitative estimate of drug-likeness (QED) is 0.777. The molecule has 3 unspecified atom stereocenters. The Kier molecular flexibility index (Phi) is 7.89. The monoisotopic (exact) mass is 363 g/mol. The summed E-state index contributed by atoms with van der Waals surface area (Å²) >= 11 is 0. The normalized spacial score (nSPS) is 32.8. The van der Waals surface area contributed by atoms with E-state index in [-0.39, 0.29) is 24.0 Å². The van der Waals surface area contributed by atoms with Crippen molar-refractivity contribution in [2.45, 2.75) is 83.9 Å². The minimum absolute atomic E-state index is 0.0479. The molecule has 1 aliphatic heterocycles. The standard InChI is InChI=1S/C18H27N3O3.C2H6/c1-12(22)24-17-5-4-13-7-15(8-14(13)9-17)20-11-18(23)21-6-2-3-16(21)10-19;1-2/h13-17,20H,2-9,11H2,1H3;1-2H3/t13-,14-,15?,16?,17?;/m1./s1. The average molecular weight is 364 g/mol. The molecule has 1 saturated heterocycles. The van der Waals surface area contributed by atoms with E-state index in [2.05, 4.69) is 11.4 Å². The van der Waals surface area contributed by atoms with E-state index in [1.54, 1.807) is 4.90 Å². The Morgan fingerprint density at radius 3 is 2.58 bits per heavy atom. The fourth-order valence-corrected chi connectivity index (χ4v) is 4.75. The third-order valence-electron chi connectivity index (χ3n) is 5.86. The summed E-state index contributed by atoms with van der Waals surface area (Å²) in [5, 5.41) is 12.5. The number of likely N-dealkylation sites (tertiary alicyclic amines) is 1. The summed E-state index contributed by atoms with van der Waals surface area (Å²) in [6, 6.07) is 2.34. The van der Waals surface area contributed by atoms with Gasteiger partial charge in [0.15, 0.2) is 0 Å². The molecule has 6 nitrogen and oxygen atoms in total. The fourth-order valence-electron chi connectivity index (χ4n) is 4.75. The Morgan fingerprint density at radius 1 is 1.15 bits per heavy atom. The van der Waals surface area contributed by atoms with E-state index in [1.807, 2.05) is 13.8 Å². The van der Waals surface area contributed by atoms with Crippen LogP contribution in [0.3, 0.4) is 0 Å². The smallest absolute Gasteiger partial charge is 0.302 e. The van der Waals surface area contributed by atoms with E-state index in [1.165, 1.54) is 6.92 Å². The molecule has 1 heterocycles. The third kappa shape index (κ3) is 5.20. The van der Waals surface area contributed by atoms with Crippen molar-refractivity contribution in [3.63, 3.8) is 0 Å². The molecule has 26 heavy (non-hydrogen) atoms. The second kappa shape index (κ2) is 9.91. The predicted octanol–water partition coefficient (Wildman–Crippen LogP) is 2.63. The van der Waals surface area contributed by atoms with Gasteiger partial charge in [-0.3, -0.25) is 9.59 Å². The molecule has 0 aromatic rings. The molecule has 0 radical (unpaired) electrons. The number of hydrogen-bond acceptors (Lipinski definition) is 5. The number of carbonyl (C=O) groups is 2. The first-order chi connectivity index (χ1) is 12.6. The lowest BCUT2D eigenvalue weighted by Crippen LogP contribution is -2.43. The van der Waals surface area contributed by atoms with E-state index in [0.29, 0.717) is 31.0 Å². The van der Waals surface area contributed by atoms with Crippen molar-refractivity contribution in [1.82, 2.24) is 10.2 Å². The van der Waals surface area contributed by atoms with Gasteiger partial charge < -0.3 is 15.0 Å². The molecule has 0 aromatic heterocycles. The topological polar surface area (TPSA) is 82.4 Å². The molecule has 2 aliphatic carbocycles. The summed E-state index contributed by atoms with van der Waals surface area (Å²) < 4.78 is 5.37. The molecule has 6 heteroatoms. The molecule has 5 atom stereocenters. The van der Waals surface area contributed by atoms with E-state index >= 15 is 0 Å². The first kappa shape index (κ1) is 20.7. The SMILES string of the molecule is CC.CC(=O)OC1CC[C@@H]2CC(NCC(=O)N3CCCC3C#N)C[C@@H]2C1.